The van der Waals surface area contributed by atoms with E-state index in [2.05, 4.69) is 130 Å². The monoisotopic (exact) mass is 1070 g/mol. The molecule has 0 spiro atoms. The first-order valence-corrected chi connectivity index (χ1v) is 31.3. The highest BCUT2D eigenvalue weighted by Gasteiger charge is 2.41. The highest BCUT2D eigenvalue weighted by molar-refractivity contribution is 6.02. The normalized spacial score (nSPS) is 18.9. The second-order valence-corrected chi connectivity index (χ2v) is 24.3. The molecule has 0 bridgehead atoms. The molecule has 6 nitrogen and oxygen atoms in total. The van der Waals surface area contributed by atoms with Crippen LogP contribution >= 0.6 is 0 Å². The lowest BCUT2D eigenvalue weighted by atomic mass is 9.71. The summed E-state index contributed by atoms with van der Waals surface area (Å²) < 4.78 is 11.6. The van der Waals surface area contributed by atoms with Gasteiger partial charge in [0.05, 0.1) is 0 Å². The molecule has 0 aromatic heterocycles. The lowest BCUT2D eigenvalue weighted by Gasteiger charge is -2.36. The molecule has 0 heterocycles. The Balaban J connectivity index is 1.79. The van der Waals surface area contributed by atoms with Crippen molar-refractivity contribution in [2.45, 2.75) is 288 Å². The number of carbonyl (C=O) groups excluding carboxylic acids is 4. The highest BCUT2D eigenvalue weighted by Crippen LogP contribution is 2.42. The predicted molar refractivity (Wildman–Crippen MR) is 333 cm³/mol. The highest BCUT2D eigenvalue weighted by atomic mass is 16.6. The van der Waals surface area contributed by atoms with E-state index in [-0.39, 0.29) is 34.3 Å². The van der Waals surface area contributed by atoms with Gasteiger partial charge in [0, 0.05) is 25.7 Å². The zero-order valence-corrected chi connectivity index (χ0v) is 51.9. The van der Waals surface area contributed by atoms with Gasteiger partial charge in [-0.2, -0.15) is 0 Å². The summed E-state index contributed by atoms with van der Waals surface area (Å²) in [5, 5.41) is 0. The van der Waals surface area contributed by atoms with E-state index in [0.29, 0.717) is 36.8 Å². The van der Waals surface area contributed by atoms with Crippen molar-refractivity contribution in [3.8, 4) is 0 Å². The Morgan fingerprint density at radius 1 is 0.410 bits per heavy atom. The summed E-state index contributed by atoms with van der Waals surface area (Å²) in [6, 6.07) is 0. The number of ketones is 2. The van der Waals surface area contributed by atoms with Crippen molar-refractivity contribution in [3.05, 3.63) is 130 Å². The van der Waals surface area contributed by atoms with Crippen LogP contribution in [0, 0.1) is 10.8 Å². The number of hydrogen-bond donors (Lipinski definition) is 0. The topological polar surface area (TPSA) is 86.7 Å². The van der Waals surface area contributed by atoms with Gasteiger partial charge in [-0.05, 0) is 87.5 Å². The van der Waals surface area contributed by atoms with E-state index < -0.39 is 12.2 Å². The van der Waals surface area contributed by atoms with Crippen LogP contribution in [-0.2, 0) is 28.7 Å². The van der Waals surface area contributed by atoms with Gasteiger partial charge >= 0.3 is 11.9 Å². The van der Waals surface area contributed by atoms with Crippen molar-refractivity contribution in [3.63, 3.8) is 0 Å². The van der Waals surface area contributed by atoms with Crippen LogP contribution in [-0.4, -0.2) is 35.7 Å². The van der Waals surface area contributed by atoms with E-state index in [1.807, 2.05) is 38.2 Å². The minimum absolute atomic E-state index is 0.0847. The lowest BCUT2D eigenvalue weighted by Crippen LogP contribution is -2.39. The molecule has 0 radical (unpaired) electrons. The van der Waals surface area contributed by atoms with Crippen LogP contribution in [0.25, 0.3) is 0 Å². The number of esters is 2. The van der Waals surface area contributed by atoms with Crippen LogP contribution in [0.5, 0.6) is 0 Å². The fourth-order valence-electron chi connectivity index (χ4n) is 10.8. The number of rotatable bonds is 40. The van der Waals surface area contributed by atoms with Crippen molar-refractivity contribution < 1.29 is 28.7 Å². The summed E-state index contributed by atoms with van der Waals surface area (Å²) in [5.74, 6) is -0.681. The van der Waals surface area contributed by atoms with Gasteiger partial charge in [0.1, 0.15) is 0 Å². The van der Waals surface area contributed by atoms with Gasteiger partial charge in [0.15, 0.2) is 23.8 Å². The Hall–Kier alpha value is -4.58. The van der Waals surface area contributed by atoms with E-state index >= 15 is 0 Å². The van der Waals surface area contributed by atoms with E-state index in [4.69, 9.17) is 9.47 Å². The average molecular weight is 1070 g/mol. The Kier molecular flexibility index (Phi) is 36.2. The van der Waals surface area contributed by atoms with Crippen molar-refractivity contribution in [2.24, 2.45) is 10.8 Å². The first-order chi connectivity index (χ1) is 37.3. The van der Waals surface area contributed by atoms with Gasteiger partial charge in [-0.3, -0.25) is 19.2 Å². The fourth-order valence-corrected chi connectivity index (χ4v) is 10.8. The molecule has 2 aliphatic rings. The summed E-state index contributed by atoms with van der Waals surface area (Å²) in [4.78, 5) is 52.4. The molecule has 2 rings (SSSR count). The van der Waals surface area contributed by atoms with Gasteiger partial charge in [-0.15, -0.1) is 0 Å². The molecule has 6 heteroatoms. The smallest absolute Gasteiger partial charge is 0.306 e. The zero-order chi connectivity index (χ0) is 57.6. The maximum atomic E-state index is 13.4. The molecule has 0 aromatic carbocycles. The minimum Gasteiger partial charge on any atom is -0.454 e. The summed E-state index contributed by atoms with van der Waals surface area (Å²) >= 11 is 0. The minimum atomic E-state index is -0.719. The third-order valence-corrected chi connectivity index (χ3v) is 15.8. The number of carbonyl (C=O) groups is 4. The summed E-state index contributed by atoms with van der Waals surface area (Å²) in [6.45, 7) is 25.0. The van der Waals surface area contributed by atoms with Gasteiger partial charge in [-0.25, -0.2) is 0 Å². The van der Waals surface area contributed by atoms with Gasteiger partial charge in [-0.1, -0.05) is 303 Å². The SMILES string of the molecule is CCCCCCCCCCCCCCCC(=O)O[C@H]1CC(C)(C)C(/C=C/C(C)=C/C=C/C(C)=C/C=C/C=C(C)/C=C/C=C(C)/C=C/C2=C(C)C(=O)[C@@H](OC(=O)CCCCCCCCCCCCCCC)CC2(C)C)=C(C)C1=O. The second kappa shape index (κ2) is 40.6. The molecule has 0 saturated heterocycles. The molecule has 0 saturated carbocycles. The van der Waals surface area contributed by atoms with E-state index in [0.717, 1.165) is 72.0 Å². The van der Waals surface area contributed by atoms with Crippen LogP contribution < -0.4 is 0 Å². The molecule has 0 fully saturated rings. The van der Waals surface area contributed by atoms with Gasteiger partial charge in [0.25, 0.3) is 0 Å². The van der Waals surface area contributed by atoms with Gasteiger partial charge < -0.3 is 9.47 Å². The van der Waals surface area contributed by atoms with Crippen LogP contribution in [0.2, 0.25) is 0 Å². The number of Topliss-reactive ketones (excluding diaryl/α,β-unsaturated/α-hetero) is 2. The molecule has 2 aliphatic carbocycles. The first-order valence-electron chi connectivity index (χ1n) is 31.3. The largest absolute Gasteiger partial charge is 0.454 e. The molecule has 0 aliphatic heterocycles. The molecule has 78 heavy (non-hydrogen) atoms. The third-order valence-electron chi connectivity index (χ3n) is 15.8. The van der Waals surface area contributed by atoms with Crippen LogP contribution in [0.15, 0.2) is 130 Å². The molecule has 436 valence electrons. The van der Waals surface area contributed by atoms with Crippen LogP contribution in [0.3, 0.4) is 0 Å². The molecule has 0 amide bonds. The molecular formula is C72H112O6. The Bertz CT molecular complexity index is 2020. The Labute approximate surface area is 478 Å². The van der Waals surface area contributed by atoms with E-state index in [9.17, 15) is 19.2 Å². The number of unbranched alkanes of at least 4 members (excludes halogenated alkanes) is 24. The van der Waals surface area contributed by atoms with Crippen LogP contribution in [0.1, 0.15) is 276 Å². The summed E-state index contributed by atoms with van der Waals surface area (Å²) in [7, 11) is 0. The number of allylic oxidation sites excluding steroid dienone is 20. The third kappa shape index (κ3) is 30.1. The molecular weight excluding hydrogens is 961 g/mol. The van der Waals surface area contributed by atoms with Gasteiger partial charge in [0.2, 0.25) is 0 Å². The predicted octanol–water partition coefficient (Wildman–Crippen LogP) is 21.0. The quantitative estimate of drug-likeness (QED) is 0.0345. The van der Waals surface area contributed by atoms with Crippen molar-refractivity contribution in [1.29, 1.82) is 0 Å². The Morgan fingerprint density at radius 2 is 0.667 bits per heavy atom. The summed E-state index contributed by atoms with van der Waals surface area (Å²) in [6.07, 6.45) is 61.8. The van der Waals surface area contributed by atoms with Crippen molar-refractivity contribution in [1.82, 2.24) is 0 Å². The number of hydrogen-bond acceptors (Lipinski definition) is 6. The first kappa shape index (κ1) is 69.5. The zero-order valence-electron chi connectivity index (χ0n) is 51.9. The average Bonchev–Trinajstić information content (AvgIpc) is 3.38. The second-order valence-electron chi connectivity index (χ2n) is 24.3. The van der Waals surface area contributed by atoms with Crippen molar-refractivity contribution in [2.75, 3.05) is 0 Å². The molecule has 0 unspecified atom stereocenters. The lowest BCUT2D eigenvalue weighted by molar-refractivity contribution is -0.156. The van der Waals surface area contributed by atoms with Crippen LogP contribution in [0.4, 0.5) is 0 Å². The van der Waals surface area contributed by atoms with E-state index in [1.165, 1.54) is 128 Å². The maximum absolute atomic E-state index is 13.4. The number of ether oxygens (including phenoxy) is 2. The molecule has 2 atom stereocenters. The maximum Gasteiger partial charge on any atom is 0.306 e. The fraction of sp³-hybridized carbons (Fsp3) is 0.639. The van der Waals surface area contributed by atoms with Crippen molar-refractivity contribution >= 4 is 23.5 Å². The molecule has 0 N–H and O–H groups in total. The van der Waals surface area contributed by atoms with E-state index in [1.54, 1.807) is 0 Å². The molecule has 0 aromatic rings. The Morgan fingerprint density at radius 3 is 0.962 bits per heavy atom. The summed E-state index contributed by atoms with van der Waals surface area (Å²) in [5.41, 5.74) is 7.08. The standard InChI is InChI=1S/C72H112O6/c1-13-15-17-19-21-23-25-27-29-31-33-35-37-49-67(73)77-65-55-71(9,10)63(61(7)69(65)75)53-51-59(5)47-41-45-57(3)43-39-40-44-58(4)46-42-48-60(6)52-54-64-62(8)70(76)66(56-72(64,11)12)78-68(74)50-38-36-34-32-30-28-26-24-22-20-18-16-14-2/h39-48,51-54,65-66H,13-38,49-50,55-56H2,1-12H3/b40-39+,45-41+,46-42+,53-51+,54-52+,57-43+,58-44+,59-47+,60-48+/t65-,66-/m0/s1.